The van der Waals surface area contributed by atoms with Gasteiger partial charge in [0, 0.05) is 6.20 Å². The Morgan fingerprint density at radius 1 is 1.20 bits per heavy atom. The second-order valence-electron chi connectivity index (χ2n) is 4.85. The van der Waals surface area contributed by atoms with Crippen LogP contribution in [0.2, 0.25) is 0 Å². The third kappa shape index (κ3) is 4.69. The van der Waals surface area contributed by atoms with Crippen molar-refractivity contribution in [1.82, 2.24) is 15.6 Å². The molecule has 2 heterocycles. The van der Waals surface area contributed by atoms with E-state index in [0.717, 1.165) is 0 Å². The van der Waals surface area contributed by atoms with Crippen LogP contribution in [0.1, 0.15) is 24.2 Å². The Balaban J connectivity index is 2.13. The number of rotatable bonds is 7. The molecule has 9 heteroatoms. The number of nitrogens with one attached hydrogen (secondary N) is 2. The molecule has 0 atom stereocenters. The fourth-order valence-corrected chi connectivity index (χ4v) is 2.08. The number of esters is 2. The van der Waals surface area contributed by atoms with E-state index in [9.17, 15) is 14.4 Å². The summed E-state index contributed by atoms with van der Waals surface area (Å²) in [5.41, 5.74) is 0.533. The molecular formula is C16H19N3O6. The van der Waals surface area contributed by atoms with Gasteiger partial charge in [0.1, 0.15) is 12.2 Å². The van der Waals surface area contributed by atoms with E-state index >= 15 is 0 Å². The lowest BCUT2D eigenvalue weighted by Crippen LogP contribution is -2.45. The fraction of sp³-hybridized carbons (Fsp3) is 0.375. The molecule has 0 bridgehead atoms. The number of nitrogens with zero attached hydrogens (tertiary/aromatic N) is 1. The lowest BCUT2D eigenvalue weighted by atomic mass is 10.1. The fourth-order valence-electron chi connectivity index (χ4n) is 2.08. The normalized spacial score (nSPS) is 13.6. The zero-order chi connectivity index (χ0) is 18.2. The molecular weight excluding hydrogens is 330 g/mol. The first kappa shape index (κ1) is 18.2. The number of carbonyl (C=O) groups excluding carboxylic acids is 3. The summed E-state index contributed by atoms with van der Waals surface area (Å²) < 4.78 is 15.4. The third-order valence-corrected chi connectivity index (χ3v) is 3.20. The van der Waals surface area contributed by atoms with Gasteiger partial charge in [-0.15, -0.1) is 0 Å². The lowest BCUT2D eigenvalue weighted by Gasteiger charge is -2.21. The standard InChI is InChI=1S/C16H19N3O6/c1-3-23-13-10(6-5-7-17-13)14(20)25-9-12-11(15(21)24-4-2)8-18-16(22)19-12/h5-7H,3-4,8-9H2,1-2H3,(H2,18,19,22). The molecule has 0 saturated heterocycles. The van der Waals surface area contributed by atoms with Gasteiger partial charge in [-0.25, -0.2) is 19.4 Å². The van der Waals surface area contributed by atoms with Gasteiger partial charge in [-0.05, 0) is 26.0 Å². The predicted molar refractivity (Wildman–Crippen MR) is 85.9 cm³/mol. The van der Waals surface area contributed by atoms with Gasteiger partial charge in [-0.1, -0.05) is 0 Å². The second kappa shape index (κ2) is 8.67. The van der Waals surface area contributed by atoms with E-state index in [1.807, 2.05) is 0 Å². The summed E-state index contributed by atoms with van der Waals surface area (Å²) in [6.07, 6.45) is 1.50. The number of hydrogen-bond donors (Lipinski definition) is 2. The lowest BCUT2D eigenvalue weighted by molar-refractivity contribution is -0.138. The van der Waals surface area contributed by atoms with Crippen molar-refractivity contribution in [2.75, 3.05) is 26.4 Å². The van der Waals surface area contributed by atoms with Crippen LogP contribution >= 0.6 is 0 Å². The van der Waals surface area contributed by atoms with E-state index in [4.69, 9.17) is 14.2 Å². The van der Waals surface area contributed by atoms with E-state index in [1.54, 1.807) is 19.9 Å². The van der Waals surface area contributed by atoms with E-state index in [0.29, 0.717) is 6.61 Å². The van der Waals surface area contributed by atoms with Crippen LogP contribution in [0.3, 0.4) is 0 Å². The maximum Gasteiger partial charge on any atom is 0.344 e. The summed E-state index contributed by atoms with van der Waals surface area (Å²) in [6.45, 7) is 3.68. The van der Waals surface area contributed by atoms with Crippen molar-refractivity contribution >= 4 is 18.0 Å². The first-order valence-electron chi connectivity index (χ1n) is 7.75. The number of carbonyl (C=O) groups is 3. The minimum Gasteiger partial charge on any atom is -0.477 e. The van der Waals surface area contributed by atoms with Crippen molar-refractivity contribution in [1.29, 1.82) is 0 Å². The van der Waals surface area contributed by atoms with Gasteiger partial charge in [0.25, 0.3) is 0 Å². The van der Waals surface area contributed by atoms with Gasteiger partial charge in [0.05, 0.1) is 31.0 Å². The van der Waals surface area contributed by atoms with Gasteiger partial charge in [-0.3, -0.25) is 0 Å². The molecule has 1 aliphatic rings. The van der Waals surface area contributed by atoms with Crippen molar-refractivity contribution in [3.8, 4) is 5.88 Å². The van der Waals surface area contributed by atoms with Gasteiger partial charge in [-0.2, -0.15) is 0 Å². The smallest absolute Gasteiger partial charge is 0.344 e. The first-order chi connectivity index (χ1) is 12.1. The van der Waals surface area contributed by atoms with Gasteiger partial charge in [0.2, 0.25) is 5.88 Å². The maximum absolute atomic E-state index is 12.3. The molecule has 134 valence electrons. The number of amides is 2. The summed E-state index contributed by atoms with van der Waals surface area (Å²) in [4.78, 5) is 39.6. The van der Waals surface area contributed by atoms with Crippen LogP contribution in [0.5, 0.6) is 5.88 Å². The molecule has 0 saturated carbocycles. The molecule has 2 rings (SSSR count). The van der Waals surface area contributed by atoms with Crippen LogP contribution < -0.4 is 15.4 Å². The molecule has 25 heavy (non-hydrogen) atoms. The Labute approximate surface area is 144 Å². The Kier molecular flexibility index (Phi) is 6.33. The predicted octanol–water partition coefficient (Wildman–Crippen LogP) is 0.767. The average Bonchev–Trinajstić information content (AvgIpc) is 2.60. The number of hydrogen-bond acceptors (Lipinski definition) is 7. The zero-order valence-corrected chi connectivity index (χ0v) is 14.0. The van der Waals surface area contributed by atoms with Crippen LogP contribution in [0.25, 0.3) is 0 Å². The molecule has 0 unspecified atom stereocenters. The molecule has 0 fully saturated rings. The molecule has 0 aromatic carbocycles. The monoisotopic (exact) mass is 349 g/mol. The Hall–Kier alpha value is -3.10. The van der Waals surface area contributed by atoms with Crippen molar-refractivity contribution in [2.45, 2.75) is 13.8 Å². The minimum atomic E-state index is -0.681. The Morgan fingerprint density at radius 3 is 2.72 bits per heavy atom. The molecule has 0 spiro atoms. The number of pyridine rings is 1. The first-order valence-corrected chi connectivity index (χ1v) is 7.75. The number of aromatic nitrogens is 1. The largest absolute Gasteiger partial charge is 0.477 e. The van der Waals surface area contributed by atoms with Crippen LogP contribution in [0.15, 0.2) is 29.6 Å². The number of urea groups is 1. The summed E-state index contributed by atoms with van der Waals surface area (Å²) in [6, 6.07) is 2.60. The van der Waals surface area contributed by atoms with Crippen molar-refractivity contribution in [2.24, 2.45) is 0 Å². The molecule has 2 amide bonds. The highest BCUT2D eigenvalue weighted by atomic mass is 16.5. The zero-order valence-electron chi connectivity index (χ0n) is 14.0. The quantitative estimate of drug-likeness (QED) is 0.698. The van der Waals surface area contributed by atoms with E-state index in [1.165, 1.54) is 12.3 Å². The Bertz CT molecular complexity index is 701. The summed E-state index contributed by atoms with van der Waals surface area (Å²) in [5, 5.41) is 4.92. The molecule has 1 aromatic rings. The van der Waals surface area contributed by atoms with Crippen LogP contribution in [-0.4, -0.2) is 49.3 Å². The van der Waals surface area contributed by atoms with Crippen LogP contribution in [0.4, 0.5) is 4.79 Å². The highest BCUT2D eigenvalue weighted by molar-refractivity contribution is 5.94. The summed E-state index contributed by atoms with van der Waals surface area (Å²) in [5.74, 6) is -1.11. The maximum atomic E-state index is 12.3. The molecule has 1 aromatic heterocycles. The van der Waals surface area contributed by atoms with E-state index < -0.39 is 18.0 Å². The van der Waals surface area contributed by atoms with E-state index in [2.05, 4.69) is 15.6 Å². The summed E-state index contributed by atoms with van der Waals surface area (Å²) in [7, 11) is 0. The second-order valence-corrected chi connectivity index (χ2v) is 4.85. The third-order valence-electron chi connectivity index (χ3n) is 3.20. The van der Waals surface area contributed by atoms with Crippen molar-refractivity contribution in [3.05, 3.63) is 35.2 Å². The molecule has 1 aliphatic heterocycles. The van der Waals surface area contributed by atoms with E-state index in [-0.39, 0.29) is 42.5 Å². The van der Waals surface area contributed by atoms with Gasteiger partial charge >= 0.3 is 18.0 Å². The highest BCUT2D eigenvalue weighted by Crippen LogP contribution is 2.16. The molecule has 0 aliphatic carbocycles. The van der Waals surface area contributed by atoms with Crippen LogP contribution in [-0.2, 0) is 14.3 Å². The molecule has 2 N–H and O–H groups in total. The minimum absolute atomic E-state index is 0.00532. The average molecular weight is 349 g/mol. The molecule has 9 nitrogen and oxygen atoms in total. The van der Waals surface area contributed by atoms with Crippen LogP contribution in [0, 0.1) is 0 Å². The van der Waals surface area contributed by atoms with Gasteiger partial charge < -0.3 is 24.8 Å². The SMILES string of the molecule is CCOC(=O)C1=C(COC(=O)c2cccnc2OCC)NC(=O)NC1. The van der Waals surface area contributed by atoms with Crippen molar-refractivity contribution in [3.63, 3.8) is 0 Å². The summed E-state index contributed by atoms with van der Waals surface area (Å²) >= 11 is 0. The topological polar surface area (TPSA) is 116 Å². The Morgan fingerprint density at radius 2 is 2.00 bits per heavy atom. The molecule has 0 radical (unpaired) electrons. The van der Waals surface area contributed by atoms with Crippen molar-refractivity contribution < 1.29 is 28.6 Å². The highest BCUT2D eigenvalue weighted by Gasteiger charge is 2.25. The van der Waals surface area contributed by atoms with Gasteiger partial charge in [0.15, 0.2) is 0 Å². The number of ether oxygens (including phenoxy) is 3.